The first-order valence-electron chi connectivity index (χ1n) is 7.60. The number of alkyl halides is 2. The first-order chi connectivity index (χ1) is 11.8. The molecule has 3 N–H and O–H groups in total. The van der Waals surface area contributed by atoms with Gasteiger partial charge in [-0.2, -0.15) is 5.10 Å². The van der Waals surface area contributed by atoms with Crippen LogP contribution in [0.25, 0.3) is 20.5 Å². The van der Waals surface area contributed by atoms with Gasteiger partial charge in [0.15, 0.2) is 0 Å². The number of ether oxygens (including phenoxy) is 1. The maximum atomic E-state index is 14.3. The van der Waals surface area contributed by atoms with Gasteiger partial charge in [0.05, 0.1) is 18.5 Å². The number of thiophene rings is 1. The molecule has 4 rings (SSSR count). The Bertz CT molecular complexity index is 996. The molecule has 0 aromatic carbocycles. The highest BCUT2D eigenvalue weighted by atomic mass is 32.1. The van der Waals surface area contributed by atoms with Crippen LogP contribution in [0.15, 0.2) is 23.3 Å². The summed E-state index contributed by atoms with van der Waals surface area (Å²) in [5, 5.41) is 17.7. The summed E-state index contributed by atoms with van der Waals surface area (Å²) in [5.74, 6) is -3.09. The Kier molecular flexibility index (Phi) is 3.57. The zero-order valence-corrected chi connectivity index (χ0v) is 14.0. The van der Waals surface area contributed by atoms with E-state index in [0.717, 1.165) is 10.4 Å². The maximum absolute atomic E-state index is 14.3. The van der Waals surface area contributed by atoms with Crippen LogP contribution in [0, 0.1) is 0 Å². The number of aliphatic hydroxyl groups is 1. The molecule has 25 heavy (non-hydrogen) atoms. The molecular weight excluding hydrogens is 352 g/mol. The van der Waals surface area contributed by atoms with Gasteiger partial charge in [-0.05, 0) is 11.6 Å². The van der Waals surface area contributed by atoms with E-state index in [9.17, 15) is 18.7 Å². The van der Waals surface area contributed by atoms with Crippen LogP contribution in [0.5, 0.6) is 0 Å². The fourth-order valence-electron chi connectivity index (χ4n) is 3.47. The molecule has 0 saturated heterocycles. The van der Waals surface area contributed by atoms with Gasteiger partial charge >= 0.3 is 0 Å². The Hall–Kier alpha value is -2.10. The minimum Gasteiger partial charge on any atom is -0.381 e. The number of rotatable bonds is 3. The summed E-state index contributed by atoms with van der Waals surface area (Å²) >= 11 is 1.21. The molecule has 0 bridgehead atoms. The van der Waals surface area contributed by atoms with Gasteiger partial charge in [0.1, 0.15) is 10.3 Å². The number of fused-ring (bicyclic) bond motifs is 3. The number of halogens is 2. The fourth-order valence-corrected chi connectivity index (χ4v) is 4.53. The lowest BCUT2D eigenvalue weighted by atomic mass is 9.80. The van der Waals surface area contributed by atoms with Crippen molar-refractivity contribution < 1.29 is 18.6 Å². The molecule has 132 valence electrons. The molecule has 0 amide bonds. The minimum absolute atomic E-state index is 0.120. The van der Waals surface area contributed by atoms with Gasteiger partial charge in [0.2, 0.25) is 0 Å². The van der Waals surface area contributed by atoms with Crippen LogP contribution < -0.4 is 5.56 Å². The lowest BCUT2D eigenvalue weighted by Crippen LogP contribution is -2.45. The van der Waals surface area contributed by atoms with Crippen molar-refractivity contribution in [1.29, 1.82) is 0 Å². The fraction of sp³-hybridized carbons (Fsp3) is 0.375. The molecule has 1 atom stereocenters. The van der Waals surface area contributed by atoms with E-state index in [0.29, 0.717) is 10.1 Å². The quantitative estimate of drug-likeness (QED) is 0.663. The van der Waals surface area contributed by atoms with E-state index in [1.807, 2.05) is 0 Å². The molecule has 0 aliphatic heterocycles. The molecule has 9 heteroatoms. The summed E-state index contributed by atoms with van der Waals surface area (Å²) in [6.45, 7) is -0.324. The SMILES string of the molecule is COC[C@]1(O)CC(F)(F)Cc2c1[nH]c(=O)c1sc(-c3cn[nH]c3)cc21. The van der Waals surface area contributed by atoms with Crippen LogP contribution in [0.1, 0.15) is 17.7 Å². The topological polar surface area (TPSA) is 91.0 Å². The van der Waals surface area contributed by atoms with Crippen molar-refractivity contribution in [1.82, 2.24) is 15.2 Å². The Morgan fingerprint density at radius 1 is 1.48 bits per heavy atom. The number of hydrogen-bond donors (Lipinski definition) is 3. The number of aromatic nitrogens is 3. The van der Waals surface area contributed by atoms with E-state index in [4.69, 9.17) is 4.74 Å². The number of pyridine rings is 1. The van der Waals surface area contributed by atoms with Crippen LogP contribution in [0.3, 0.4) is 0 Å². The second-order valence-corrected chi connectivity index (χ2v) is 7.37. The third kappa shape index (κ3) is 2.59. The van der Waals surface area contributed by atoms with E-state index in [1.54, 1.807) is 18.5 Å². The van der Waals surface area contributed by atoms with Crippen LogP contribution >= 0.6 is 11.3 Å². The zero-order chi connectivity index (χ0) is 17.8. The predicted octanol–water partition coefficient (Wildman–Crippen LogP) is 2.40. The van der Waals surface area contributed by atoms with Crippen molar-refractivity contribution in [3.63, 3.8) is 0 Å². The molecule has 1 aliphatic rings. The van der Waals surface area contributed by atoms with Crippen LogP contribution in [0.2, 0.25) is 0 Å². The third-order valence-corrected chi connectivity index (χ3v) is 5.60. The number of methoxy groups -OCH3 is 1. The monoisotopic (exact) mass is 367 g/mol. The Morgan fingerprint density at radius 3 is 2.96 bits per heavy atom. The van der Waals surface area contributed by atoms with E-state index < -0.39 is 29.9 Å². The number of hydrogen-bond acceptors (Lipinski definition) is 5. The van der Waals surface area contributed by atoms with Gasteiger partial charge in [0.25, 0.3) is 11.5 Å². The maximum Gasteiger partial charge on any atom is 0.266 e. The van der Waals surface area contributed by atoms with Crippen LogP contribution in [0.4, 0.5) is 8.78 Å². The van der Waals surface area contributed by atoms with Crippen molar-refractivity contribution >= 4 is 21.4 Å². The largest absolute Gasteiger partial charge is 0.381 e. The van der Waals surface area contributed by atoms with Crippen molar-refractivity contribution in [3.8, 4) is 10.4 Å². The number of H-pyrrole nitrogens is 2. The average Bonchev–Trinajstić information content (AvgIpc) is 3.16. The van der Waals surface area contributed by atoms with Crippen molar-refractivity contribution in [3.05, 3.63) is 40.1 Å². The molecule has 3 aromatic rings. The van der Waals surface area contributed by atoms with Crippen molar-refractivity contribution in [2.24, 2.45) is 0 Å². The molecule has 0 saturated carbocycles. The minimum atomic E-state index is -3.09. The Balaban J connectivity index is 2.00. The average molecular weight is 367 g/mol. The summed E-state index contributed by atoms with van der Waals surface area (Å²) < 4.78 is 33.9. The molecule has 3 aromatic heterocycles. The summed E-state index contributed by atoms with van der Waals surface area (Å²) in [5.41, 5.74) is -1.19. The predicted molar refractivity (Wildman–Crippen MR) is 89.1 cm³/mol. The second kappa shape index (κ2) is 5.45. The highest BCUT2D eigenvalue weighted by Gasteiger charge is 2.49. The zero-order valence-electron chi connectivity index (χ0n) is 13.2. The van der Waals surface area contributed by atoms with Gasteiger partial charge < -0.3 is 14.8 Å². The Labute approximate surface area is 144 Å². The smallest absolute Gasteiger partial charge is 0.266 e. The lowest BCUT2D eigenvalue weighted by Gasteiger charge is -2.37. The first kappa shape index (κ1) is 16.4. The van der Waals surface area contributed by atoms with Crippen LogP contribution in [-0.4, -0.2) is 39.9 Å². The van der Waals surface area contributed by atoms with Gasteiger partial charge in [-0.25, -0.2) is 8.78 Å². The standard InChI is InChI=1S/C16H15F2N3O3S/c1-24-7-15(23)6-16(17,18)3-10-9-2-11(8-4-19-20-5-8)25-12(9)14(22)21-13(10)15/h2,4-5,23H,3,6-7H2,1H3,(H,19,20)(H,21,22)/t15-/m1/s1. The highest BCUT2D eigenvalue weighted by molar-refractivity contribution is 7.22. The number of nitrogens with zero attached hydrogens (tertiary/aromatic N) is 1. The Morgan fingerprint density at radius 2 is 2.28 bits per heavy atom. The summed E-state index contributed by atoms with van der Waals surface area (Å²) in [7, 11) is 1.32. The molecule has 3 heterocycles. The number of aromatic amines is 2. The second-order valence-electron chi connectivity index (χ2n) is 6.32. The third-order valence-electron chi connectivity index (χ3n) is 4.42. The summed E-state index contributed by atoms with van der Waals surface area (Å²) in [6.07, 6.45) is 1.94. The molecule has 1 aliphatic carbocycles. The van der Waals surface area contributed by atoms with Gasteiger partial charge in [-0.3, -0.25) is 9.89 Å². The normalized spacial score (nSPS) is 22.2. The summed E-state index contributed by atoms with van der Waals surface area (Å²) in [6, 6.07) is 1.70. The van der Waals surface area contributed by atoms with Gasteiger partial charge in [0, 0.05) is 42.0 Å². The highest BCUT2D eigenvalue weighted by Crippen LogP contribution is 2.45. The summed E-state index contributed by atoms with van der Waals surface area (Å²) in [4.78, 5) is 15.8. The van der Waals surface area contributed by atoms with E-state index in [2.05, 4.69) is 15.2 Å². The molecule has 0 radical (unpaired) electrons. The molecule has 0 unspecified atom stereocenters. The van der Waals surface area contributed by atoms with E-state index in [1.165, 1.54) is 18.4 Å². The first-order valence-corrected chi connectivity index (χ1v) is 8.42. The molecule has 6 nitrogen and oxygen atoms in total. The molecular formula is C16H15F2N3O3S. The van der Waals surface area contributed by atoms with Crippen LogP contribution in [-0.2, 0) is 16.8 Å². The van der Waals surface area contributed by atoms with Gasteiger partial charge in [-0.1, -0.05) is 0 Å². The number of nitrogens with one attached hydrogen (secondary N) is 2. The van der Waals surface area contributed by atoms with E-state index >= 15 is 0 Å². The molecule has 0 fully saturated rings. The lowest BCUT2D eigenvalue weighted by molar-refractivity contribution is -0.131. The van der Waals surface area contributed by atoms with Crippen molar-refractivity contribution in [2.45, 2.75) is 24.4 Å². The van der Waals surface area contributed by atoms with Gasteiger partial charge in [-0.15, -0.1) is 11.3 Å². The van der Waals surface area contributed by atoms with E-state index in [-0.39, 0.29) is 17.9 Å². The van der Waals surface area contributed by atoms with Crippen molar-refractivity contribution in [2.75, 3.05) is 13.7 Å². The molecule has 0 spiro atoms.